The summed E-state index contributed by atoms with van der Waals surface area (Å²) in [6, 6.07) is 3.15. The van der Waals surface area contributed by atoms with Gasteiger partial charge in [-0.15, -0.1) is 0 Å². The zero-order valence-corrected chi connectivity index (χ0v) is 7.27. The van der Waals surface area contributed by atoms with Crippen LogP contribution in [0.5, 0.6) is 5.88 Å². The lowest BCUT2D eigenvalue weighted by Crippen LogP contribution is -2.32. The van der Waals surface area contributed by atoms with Gasteiger partial charge in [-0.25, -0.2) is 4.98 Å². The van der Waals surface area contributed by atoms with Crippen LogP contribution < -0.4 is 15.9 Å². The molecule has 0 aliphatic carbocycles. The number of pyridine rings is 1. The first-order chi connectivity index (χ1) is 6.19. The van der Waals surface area contributed by atoms with Crippen LogP contribution in [-0.4, -0.2) is 29.3 Å². The molecule has 13 heavy (non-hydrogen) atoms. The number of hydrogen-bond donors (Lipinski definition) is 3. The molecule has 1 aromatic rings. The van der Waals surface area contributed by atoms with Crippen LogP contribution in [-0.2, 0) is 6.54 Å². The van der Waals surface area contributed by atoms with Crippen LogP contribution in [0.4, 0.5) is 0 Å². The molecule has 70 valence electrons. The smallest absolute Gasteiger partial charge is 0.481 e. The first-order valence-electron chi connectivity index (χ1n) is 3.79. The molecule has 0 atom stereocenters. The molecular formula is C7H11BN2O3. The van der Waals surface area contributed by atoms with Crippen molar-refractivity contribution in [1.82, 2.24) is 4.98 Å². The van der Waals surface area contributed by atoms with Crippen molar-refractivity contribution >= 4 is 12.6 Å². The van der Waals surface area contributed by atoms with E-state index < -0.39 is 7.12 Å². The van der Waals surface area contributed by atoms with Crippen LogP contribution >= 0.6 is 0 Å². The van der Waals surface area contributed by atoms with Gasteiger partial charge >= 0.3 is 7.12 Å². The van der Waals surface area contributed by atoms with E-state index in [0.717, 1.165) is 0 Å². The summed E-state index contributed by atoms with van der Waals surface area (Å²) in [5.41, 5.74) is 6.23. The fraction of sp³-hybridized carbons (Fsp3) is 0.286. The van der Waals surface area contributed by atoms with Crippen molar-refractivity contribution in [2.45, 2.75) is 6.54 Å². The standard InChI is InChI=1S/C7H11BN2O3/c1-13-7-6(8(11)12)3-2-5(4-9)10-7/h2-3,11-12H,4,9H2,1H3. The summed E-state index contributed by atoms with van der Waals surface area (Å²) in [6.45, 7) is 0.290. The third-order valence-corrected chi connectivity index (χ3v) is 1.63. The molecule has 0 saturated heterocycles. The Hall–Kier alpha value is -1.11. The molecule has 6 heteroatoms. The Kier molecular flexibility index (Phi) is 3.24. The van der Waals surface area contributed by atoms with Crippen LogP contribution in [0.15, 0.2) is 12.1 Å². The molecule has 5 nitrogen and oxygen atoms in total. The van der Waals surface area contributed by atoms with E-state index in [0.29, 0.717) is 5.69 Å². The minimum atomic E-state index is -1.57. The third-order valence-electron chi connectivity index (χ3n) is 1.63. The van der Waals surface area contributed by atoms with Crippen LogP contribution in [0, 0.1) is 0 Å². The average Bonchev–Trinajstić information content (AvgIpc) is 2.16. The van der Waals surface area contributed by atoms with Crippen LogP contribution in [0.2, 0.25) is 0 Å². The predicted octanol–water partition coefficient (Wildman–Crippen LogP) is -1.77. The van der Waals surface area contributed by atoms with Crippen molar-refractivity contribution < 1.29 is 14.8 Å². The first-order valence-corrected chi connectivity index (χ1v) is 3.79. The molecule has 0 bridgehead atoms. The Morgan fingerprint density at radius 1 is 1.54 bits per heavy atom. The summed E-state index contributed by atoms with van der Waals surface area (Å²) < 4.78 is 4.86. The monoisotopic (exact) mass is 182 g/mol. The van der Waals surface area contributed by atoms with E-state index in [1.54, 1.807) is 6.07 Å². The zero-order chi connectivity index (χ0) is 9.84. The van der Waals surface area contributed by atoms with Crippen molar-refractivity contribution in [3.63, 3.8) is 0 Å². The van der Waals surface area contributed by atoms with E-state index in [1.807, 2.05) is 0 Å². The fourth-order valence-electron chi connectivity index (χ4n) is 0.963. The second-order valence-corrected chi connectivity index (χ2v) is 2.48. The van der Waals surface area contributed by atoms with Gasteiger partial charge in [-0.05, 0) is 6.07 Å². The molecule has 0 fully saturated rings. The highest BCUT2D eigenvalue weighted by atomic mass is 16.5. The Morgan fingerprint density at radius 3 is 2.69 bits per heavy atom. The molecule has 4 N–H and O–H groups in total. The topological polar surface area (TPSA) is 88.6 Å². The van der Waals surface area contributed by atoms with Gasteiger partial charge in [-0.1, -0.05) is 6.07 Å². The van der Waals surface area contributed by atoms with Crippen molar-refractivity contribution in [1.29, 1.82) is 0 Å². The molecule has 0 radical (unpaired) electrons. The van der Waals surface area contributed by atoms with Crippen LogP contribution in [0.25, 0.3) is 0 Å². The molecule has 0 unspecified atom stereocenters. The minimum absolute atomic E-state index is 0.193. The van der Waals surface area contributed by atoms with Gasteiger partial charge in [0.1, 0.15) is 0 Å². The molecule has 1 rings (SSSR count). The largest absolute Gasteiger partial charge is 0.494 e. The lowest BCUT2D eigenvalue weighted by Gasteiger charge is -2.07. The van der Waals surface area contributed by atoms with E-state index in [1.165, 1.54) is 13.2 Å². The van der Waals surface area contributed by atoms with Gasteiger partial charge in [0.25, 0.3) is 0 Å². The molecule has 1 aromatic heterocycles. The highest BCUT2D eigenvalue weighted by molar-refractivity contribution is 6.59. The van der Waals surface area contributed by atoms with Gasteiger partial charge in [-0.3, -0.25) is 0 Å². The van der Waals surface area contributed by atoms with Crippen molar-refractivity contribution in [2.24, 2.45) is 5.73 Å². The van der Waals surface area contributed by atoms with Crippen molar-refractivity contribution in [2.75, 3.05) is 7.11 Å². The highest BCUT2D eigenvalue weighted by Gasteiger charge is 2.17. The van der Waals surface area contributed by atoms with Crippen molar-refractivity contribution in [3.05, 3.63) is 17.8 Å². The summed E-state index contributed by atoms with van der Waals surface area (Å²) in [5, 5.41) is 17.8. The minimum Gasteiger partial charge on any atom is -0.481 e. The number of hydrogen-bond acceptors (Lipinski definition) is 5. The lowest BCUT2D eigenvalue weighted by atomic mass is 9.81. The van der Waals surface area contributed by atoms with Gasteiger partial charge in [0, 0.05) is 12.0 Å². The summed E-state index contributed by atoms with van der Waals surface area (Å²) in [4.78, 5) is 3.96. The van der Waals surface area contributed by atoms with Gasteiger partial charge in [-0.2, -0.15) is 0 Å². The number of nitrogens with two attached hydrogens (primary N) is 1. The maximum absolute atomic E-state index is 8.90. The van der Waals surface area contributed by atoms with Gasteiger partial charge in [0.15, 0.2) is 0 Å². The summed E-state index contributed by atoms with van der Waals surface area (Å²) >= 11 is 0. The second-order valence-electron chi connectivity index (χ2n) is 2.48. The van der Waals surface area contributed by atoms with Crippen LogP contribution in [0.1, 0.15) is 5.69 Å². The molecule has 0 saturated carbocycles. The first kappa shape index (κ1) is 9.98. The number of methoxy groups -OCH3 is 1. The third kappa shape index (κ3) is 2.18. The highest BCUT2D eigenvalue weighted by Crippen LogP contribution is 2.04. The van der Waals surface area contributed by atoms with Gasteiger partial charge < -0.3 is 20.5 Å². The number of rotatable bonds is 3. The molecule has 0 spiro atoms. The van der Waals surface area contributed by atoms with Crippen LogP contribution in [0.3, 0.4) is 0 Å². The molecule has 0 amide bonds. The molecular weight excluding hydrogens is 171 g/mol. The summed E-state index contributed by atoms with van der Waals surface area (Å²) in [5.74, 6) is 0.193. The Morgan fingerprint density at radius 2 is 2.23 bits per heavy atom. The van der Waals surface area contributed by atoms with E-state index in [9.17, 15) is 0 Å². The summed E-state index contributed by atoms with van der Waals surface area (Å²) in [7, 11) is -0.164. The van der Waals surface area contributed by atoms with E-state index >= 15 is 0 Å². The Bertz CT molecular complexity index is 293. The number of aromatic nitrogens is 1. The van der Waals surface area contributed by atoms with Crippen molar-refractivity contribution in [3.8, 4) is 5.88 Å². The normalized spacial score (nSPS) is 9.85. The van der Waals surface area contributed by atoms with E-state index in [4.69, 9.17) is 20.5 Å². The fourth-order valence-corrected chi connectivity index (χ4v) is 0.963. The molecule has 0 aliphatic heterocycles. The maximum atomic E-state index is 8.90. The van der Waals surface area contributed by atoms with E-state index in [-0.39, 0.29) is 17.9 Å². The average molecular weight is 182 g/mol. The molecule has 0 aromatic carbocycles. The lowest BCUT2D eigenvalue weighted by molar-refractivity contribution is 0.390. The number of ether oxygens (including phenoxy) is 1. The zero-order valence-electron chi connectivity index (χ0n) is 7.27. The SMILES string of the molecule is COc1nc(CN)ccc1B(O)O. The summed E-state index contributed by atoms with van der Waals surface area (Å²) in [6.07, 6.45) is 0. The number of nitrogens with zero attached hydrogens (tertiary/aromatic N) is 1. The molecule has 0 aliphatic rings. The quantitative estimate of drug-likeness (QED) is 0.481. The van der Waals surface area contributed by atoms with E-state index in [2.05, 4.69) is 4.98 Å². The second kappa shape index (κ2) is 4.22. The maximum Gasteiger partial charge on any atom is 0.494 e. The molecule has 1 heterocycles. The van der Waals surface area contributed by atoms with Gasteiger partial charge in [0.05, 0.1) is 12.8 Å². The predicted molar refractivity (Wildman–Crippen MR) is 48.5 cm³/mol. The Labute approximate surface area is 76.3 Å². The Balaban J connectivity index is 3.08. The van der Waals surface area contributed by atoms with Gasteiger partial charge in [0.2, 0.25) is 5.88 Å².